The van der Waals surface area contributed by atoms with Gasteiger partial charge >= 0.3 is 12.1 Å². The van der Waals surface area contributed by atoms with Crippen molar-refractivity contribution in [2.24, 2.45) is 0 Å². The average Bonchev–Trinajstić information content (AvgIpc) is 3.11. The number of aromatic nitrogens is 2. The molecule has 1 amide bonds. The summed E-state index contributed by atoms with van der Waals surface area (Å²) in [6, 6.07) is 10.5. The molecule has 1 fully saturated rings. The molecule has 0 radical (unpaired) electrons. The Morgan fingerprint density at radius 3 is 2.34 bits per heavy atom. The zero-order valence-electron chi connectivity index (χ0n) is 17.4. The Kier molecular flexibility index (Phi) is 8.70. The van der Waals surface area contributed by atoms with Crippen molar-refractivity contribution in [3.05, 3.63) is 53.3 Å². The van der Waals surface area contributed by atoms with Crippen LogP contribution in [-0.2, 0) is 16.1 Å². The zero-order chi connectivity index (χ0) is 21.2. The number of carbonyl (C=O) groups is 2. The molecule has 29 heavy (non-hydrogen) atoms. The molecule has 7 heteroatoms. The van der Waals surface area contributed by atoms with Gasteiger partial charge in [0.25, 0.3) is 0 Å². The fraction of sp³-hybridized carbons (Fsp3) is 0.500. The Balaban J connectivity index is 0.000000360. The highest BCUT2D eigenvalue weighted by atomic mass is 16.6. The Morgan fingerprint density at radius 2 is 1.86 bits per heavy atom. The normalized spacial score (nSPS) is 15.0. The molecule has 1 aromatic carbocycles. The second-order valence-corrected chi connectivity index (χ2v) is 7.45. The largest absolute Gasteiger partial charge is 0.480 e. The Bertz CT molecular complexity index is 753. The number of carboxylic acid groups (broad SMARTS) is 1. The van der Waals surface area contributed by atoms with Gasteiger partial charge in [-0.15, -0.1) is 0 Å². The maximum absolute atomic E-state index is 12.4. The van der Waals surface area contributed by atoms with Crippen LogP contribution >= 0.6 is 0 Å². The molecule has 158 valence electrons. The number of aryl methyl sites for hydroxylation is 2. The summed E-state index contributed by atoms with van der Waals surface area (Å²) in [6.45, 7) is 5.65. The lowest BCUT2D eigenvalue weighted by atomic mass is 9.93. The van der Waals surface area contributed by atoms with E-state index in [1.54, 1.807) is 6.92 Å². The van der Waals surface area contributed by atoms with E-state index in [1.807, 2.05) is 50.2 Å². The van der Waals surface area contributed by atoms with Crippen LogP contribution in [0.15, 0.2) is 36.4 Å². The smallest absolute Gasteiger partial charge is 0.411 e. The molecule has 0 unspecified atom stereocenters. The third kappa shape index (κ3) is 7.25. The number of aromatic amines is 1. The third-order valence-corrected chi connectivity index (χ3v) is 4.99. The van der Waals surface area contributed by atoms with Gasteiger partial charge in [0.05, 0.1) is 5.69 Å². The molecule has 1 aliphatic rings. The SMILES string of the molecule is C[C@@H](C(=O)O)N(C(=O)OCc1ccccc1)C1CCCCC1.Cc1cc(C)[nH]n1. The number of H-pyrrole nitrogens is 1. The van der Waals surface area contributed by atoms with E-state index in [1.165, 1.54) is 4.90 Å². The minimum Gasteiger partial charge on any atom is -0.480 e. The van der Waals surface area contributed by atoms with E-state index in [0.29, 0.717) is 0 Å². The number of hydrogen-bond donors (Lipinski definition) is 2. The molecule has 1 saturated carbocycles. The monoisotopic (exact) mass is 401 g/mol. The second-order valence-electron chi connectivity index (χ2n) is 7.45. The first kappa shape index (κ1) is 22.5. The zero-order valence-corrected chi connectivity index (χ0v) is 17.4. The molecule has 0 aliphatic heterocycles. The average molecular weight is 402 g/mol. The van der Waals surface area contributed by atoms with Gasteiger partial charge in [-0.2, -0.15) is 5.10 Å². The van der Waals surface area contributed by atoms with Gasteiger partial charge in [0, 0.05) is 11.7 Å². The Morgan fingerprint density at radius 1 is 1.21 bits per heavy atom. The molecule has 1 aromatic heterocycles. The Labute approximate surface area is 172 Å². The fourth-order valence-electron chi connectivity index (χ4n) is 3.45. The molecule has 3 rings (SSSR count). The van der Waals surface area contributed by atoms with Gasteiger partial charge in [0.2, 0.25) is 0 Å². The first-order chi connectivity index (χ1) is 13.9. The van der Waals surface area contributed by atoms with Crippen LogP contribution in [-0.4, -0.2) is 44.4 Å². The van der Waals surface area contributed by atoms with E-state index >= 15 is 0 Å². The number of carbonyl (C=O) groups excluding carboxylic acids is 1. The summed E-state index contributed by atoms with van der Waals surface area (Å²) >= 11 is 0. The standard InChI is InChI=1S/C17H23NO4.C5H8N2/c1-13(16(19)20)18(15-10-6-3-7-11-15)17(21)22-12-14-8-4-2-5-9-14;1-4-3-5(2)7-6-4/h2,4-5,8-9,13,15H,3,6-7,10-12H2,1H3,(H,19,20);3H,1-2H3,(H,6,7)/t13-;/m0./s1. The quantitative estimate of drug-likeness (QED) is 0.771. The third-order valence-electron chi connectivity index (χ3n) is 4.99. The lowest BCUT2D eigenvalue weighted by molar-refractivity contribution is -0.143. The lowest BCUT2D eigenvalue weighted by Crippen LogP contribution is -2.50. The van der Waals surface area contributed by atoms with E-state index in [-0.39, 0.29) is 12.6 Å². The van der Waals surface area contributed by atoms with Crippen LogP contribution in [0.2, 0.25) is 0 Å². The molecular formula is C22H31N3O4. The van der Waals surface area contributed by atoms with Crippen molar-refractivity contribution in [1.29, 1.82) is 0 Å². The minimum atomic E-state index is -0.998. The van der Waals surface area contributed by atoms with Crippen molar-refractivity contribution in [3.8, 4) is 0 Å². The fourth-order valence-corrected chi connectivity index (χ4v) is 3.45. The van der Waals surface area contributed by atoms with Crippen LogP contribution < -0.4 is 0 Å². The number of rotatable bonds is 5. The van der Waals surface area contributed by atoms with Crippen molar-refractivity contribution in [3.63, 3.8) is 0 Å². The van der Waals surface area contributed by atoms with Gasteiger partial charge in [0.1, 0.15) is 12.6 Å². The number of nitrogens with zero attached hydrogens (tertiary/aromatic N) is 2. The summed E-state index contributed by atoms with van der Waals surface area (Å²) < 4.78 is 5.34. The predicted octanol–water partition coefficient (Wildman–Crippen LogP) is 4.46. The van der Waals surface area contributed by atoms with Gasteiger partial charge in [-0.05, 0) is 45.2 Å². The molecule has 1 heterocycles. The first-order valence-electron chi connectivity index (χ1n) is 10.1. The summed E-state index contributed by atoms with van der Waals surface area (Å²) in [4.78, 5) is 25.1. The number of amides is 1. The van der Waals surface area contributed by atoms with Crippen molar-refractivity contribution in [1.82, 2.24) is 15.1 Å². The number of ether oxygens (including phenoxy) is 1. The van der Waals surface area contributed by atoms with E-state index < -0.39 is 18.1 Å². The maximum atomic E-state index is 12.4. The summed E-state index contributed by atoms with van der Waals surface area (Å²) in [7, 11) is 0. The van der Waals surface area contributed by atoms with Crippen LogP contribution in [0, 0.1) is 13.8 Å². The molecule has 7 nitrogen and oxygen atoms in total. The van der Waals surface area contributed by atoms with Crippen molar-refractivity contribution >= 4 is 12.1 Å². The summed E-state index contributed by atoms with van der Waals surface area (Å²) in [5.74, 6) is -0.998. The highest BCUT2D eigenvalue weighted by Crippen LogP contribution is 2.25. The van der Waals surface area contributed by atoms with Gasteiger partial charge < -0.3 is 9.84 Å². The highest BCUT2D eigenvalue weighted by Gasteiger charge is 2.34. The topological polar surface area (TPSA) is 95.5 Å². The van der Waals surface area contributed by atoms with Gasteiger partial charge in [-0.3, -0.25) is 10.00 Å². The van der Waals surface area contributed by atoms with Crippen molar-refractivity contribution < 1.29 is 19.4 Å². The summed E-state index contributed by atoms with van der Waals surface area (Å²) in [6.07, 6.45) is 4.35. The van der Waals surface area contributed by atoms with Crippen LogP contribution in [0.5, 0.6) is 0 Å². The molecule has 1 aliphatic carbocycles. The molecule has 1 atom stereocenters. The number of benzene rings is 1. The molecule has 2 aromatic rings. The second kappa shape index (κ2) is 11.2. The van der Waals surface area contributed by atoms with E-state index in [9.17, 15) is 14.7 Å². The van der Waals surface area contributed by atoms with E-state index in [0.717, 1.165) is 49.1 Å². The maximum Gasteiger partial charge on any atom is 0.411 e. The molecule has 0 spiro atoms. The van der Waals surface area contributed by atoms with Crippen LogP contribution in [0.1, 0.15) is 56.0 Å². The summed E-state index contributed by atoms with van der Waals surface area (Å²) in [5.41, 5.74) is 3.07. The lowest BCUT2D eigenvalue weighted by Gasteiger charge is -2.36. The van der Waals surface area contributed by atoms with Gasteiger partial charge in [-0.1, -0.05) is 49.6 Å². The van der Waals surface area contributed by atoms with Crippen LogP contribution in [0.3, 0.4) is 0 Å². The number of carboxylic acids is 1. The molecule has 2 N–H and O–H groups in total. The Hall–Kier alpha value is -2.83. The number of hydrogen-bond acceptors (Lipinski definition) is 4. The van der Waals surface area contributed by atoms with Gasteiger partial charge in [-0.25, -0.2) is 9.59 Å². The summed E-state index contributed by atoms with van der Waals surface area (Å²) in [5, 5.41) is 16.0. The van der Waals surface area contributed by atoms with Gasteiger partial charge in [0.15, 0.2) is 0 Å². The number of aliphatic carboxylic acids is 1. The first-order valence-corrected chi connectivity index (χ1v) is 10.1. The molecular weight excluding hydrogens is 370 g/mol. The van der Waals surface area contributed by atoms with Crippen LogP contribution in [0.25, 0.3) is 0 Å². The highest BCUT2D eigenvalue weighted by molar-refractivity contribution is 5.79. The van der Waals surface area contributed by atoms with Crippen molar-refractivity contribution in [2.75, 3.05) is 0 Å². The number of nitrogens with one attached hydrogen (secondary N) is 1. The minimum absolute atomic E-state index is 0.0388. The molecule has 0 saturated heterocycles. The van der Waals surface area contributed by atoms with E-state index in [4.69, 9.17) is 4.74 Å². The van der Waals surface area contributed by atoms with Crippen LogP contribution in [0.4, 0.5) is 4.79 Å². The molecule has 0 bridgehead atoms. The predicted molar refractivity (Wildman–Crippen MR) is 110 cm³/mol. The van der Waals surface area contributed by atoms with Crippen molar-refractivity contribution in [2.45, 2.75) is 71.6 Å². The van der Waals surface area contributed by atoms with E-state index in [2.05, 4.69) is 10.2 Å².